The molecule has 124 valence electrons. The van der Waals surface area contributed by atoms with Crippen molar-refractivity contribution in [1.82, 2.24) is 4.90 Å². The molecule has 0 atom stereocenters. The second kappa shape index (κ2) is 7.63. The molecule has 0 aliphatic carbocycles. The molecule has 0 saturated heterocycles. The van der Waals surface area contributed by atoms with E-state index in [1.54, 1.807) is 24.3 Å². The second-order valence-corrected chi connectivity index (χ2v) is 7.72. The zero-order valence-electron chi connectivity index (χ0n) is 13.9. The fourth-order valence-corrected chi connectivity index (χ4v) is 2.51. The van der Waals surface area contributed by atoms with E-state index >= 15 is 0 Å². The minimum absolute atomic E-state index is 0.109. The Bertz CT molecular complexity index is 591. The number of benzene rings is 1. The molecule has 0 aromatic heterocycles. The summed E-state index contributed by atoms with van der Waals surface area (Å²) in [5.74, 6) is 0.719. The van der Waals surface area contributed by atoms with Gasteiger partial charge >= 0.3 is 10.1 Å². The third-order valence-electron chi connectivity index (χ3n) is 3.05. The quantitative estimate of drug-likeness (QED) is 0.722. The molecule has 0 N–H and O–H groups in total. The molecule has 0 radical (unpaired) electrons. The summed E-state index contributed by atoms with van der Waals surface area (Å²) in [7, 11) is -3.52. The fraction of sp³-hybridized carbons (Fsp3) is 0.562. The first-order valence-electron chi connectivity index (χ1n) is 7.36. The Hall–Kier alpha value is -1.56. The molecule has 1 amide bonds. The van der Waals surface area contributed by atoms with Crippen molar-refractivity contribution >= 4 is 16.0 Å². The summed E-state index contributed by atoms with van der Waals surface area (Å²) in [6, 6.07) is 6.86. The topological polar surface area (TPSA) is 63.7 Å². The van der Waals surface area contributed by atoms with Crippen molar-refractivity contribution in [2.75, 3.05) is 6.26 Å². The van der Waals surface area contributed by atoms with Gasteiger partial charge in [0.25, 0.3) is 0 Å². The van der Waals surface area contributed by atoms with Crippen molar-refractivity contribution in [3.05, 3.63) is 29.8 Å². The maximum absolute atomic E-state index is 12.3. The van der Waals surface area contributed by atoms with Gasteiger partial charge in [-0.05, 0) is 37.5 Å². The van der Waals surface area contributed by atoms with Crippen LogP contribution in [-0.2, 0) is 21.5 Å². The number of hydrogen-bond donors (Lipinski definition) is 0. The molecule has 1 rings (SSSR count). The SMILES string of the molecule is CC(C)CC(=O)N(Cc1ccc(OS(C)(=O)=O)cc1)C(C)C. The predicted octanol–water partition coefficient (Wildman–Crippen LogP) is 2.81. The Balaban J connectivity index is 2.80. The van der Waals surface area contributed by atoms with Crippen LogP contribution in [0.25, 0.3) is 0 Å². The van der Waals surface area contributed by atoms with E-state index < -0.39 is 10.1 Å². The van der Waals surface area contributed by atoms with Crippen LogP contribution in [0, 0.1) is 5.92 Å². The molecule has 0 aliphatic rings. The maximum Gasteiger partial charge on any atom is 0.306 e. The predicted molar refractivity (Wildman–Crippen MR) is 87.1 cm³/mol. The second-order valence-electron chi connectivity index (χ2n) is 6.14. The largest absolute Gasteiger partial charge is 0.383 e. The van der Waals surface area contributed by atoms with Gasteiger partial charge in [0.1, 0.15) is 5.75 Å². The van der Waals surface area contributed by atoms with Crippen molar-refractivity contribution in [3.63, 3.8) is 0 Å². The van der Waals surface area contributed by atoms with Crippen LogP contribution < -0.4 is 4.18 Å². The van der Waals surface area contributed by atoms with Gasteiger partial charge in [-0.25, -0.2) is 0 Å². The van der Waals surface area contributed by atoms with Gasteiger partial charge in [0.05, 0.1) is 6.26 Å². The smallest absolute Gasteiger partial charge is 0.306 e. The Labute approximate surface area is 133 Å². The van der Waals surface area contributed by atoms with Gasteiger partial charge in [0, 0.05) is 19.0 Å². The van der Waals surface area contributed by atoms with Crippen molar-refractivity contribution in [1.29, 1.82) is 0 Å². The molecule has 0 fully saturated rings. The average Bonchev–Trinajstić information content (AvgIpc) is 2.34. The molecule has 1 aromatic rings. The van der Waals surface area contributed by atoms with E-state index in [1.807, 2.05) is 32.6 Å². The Morgan fingerprint density at radius 3 is 2.09 bits per heavy atom. The zero-order chi connectivity index (χ0) is 16.9. The molecule has 22 heavy (non-hydrogen) atoms. The first kappa shape index (κ1) is 18.5. The van der Waals surface area contributed by atoms with Crippen molar-refractivity contribution in [2.45, 2.75) is 46.7 Å². The molecular weight excluding hydrogens is 302 g/mol. The van der Waals surface area contributed by atoms with Crippen molar-refractivity contribution in [3.8, 4) is 5.75 Å². The van der Waals surface area contributed by atoms with Gasteiger partial charge in [0.2, 0.25) is 5.91 Å². The number of carbonyl (C=O) groups excluding carboxylic acids is 1. The van der Waals surface area contributed by atoms with Gasteiger partial charge in [-0.3, -0.25) is 4.79 Å². The lowest BCUT2D eigenvalue weighted by molar-refractivity contribution is -0.134. The zero-order valence-corrected chi connectivity index (χ0v) is 14.7. The van der Waals surface area contributed by atoms with Crippen LogP contribution in [-0.4, -0.2) is 31.5 Å². The number of hydrogen-bond acceptors (Lipinski definition) is 4. The van der Waals surface area contributed by atoms with Crippen molar-refractivity contribution in [2.24, 2.45) is 5.92 Å². The van der Waals surface area contributed by atoms with Crippen LogP contribution in [0.4, 0.5) is 0 Å². The van der Waals surface area contributed by atoms with Crippen molar-refractivity contribution < 1.29 is 17.4 Å². The van der Waals surface area contributed by atoms with Gasteiger partial charge in [-0.2, -0.15) is 8.42 Å². The summed E-state index contributed by atoms with van der Waals surface area (Å²) in [5.41, 5.74) is 0.937. The van der Waals surface area contributed by atoms with Gasteiger partial charge in [-0.1, -0.05) is 26.0 Å². The lowest BCUT2D eigenvalue weighted by Gasteiger charge is -2.27. The average molecular weight is 327 g/mol. The number of rotatable bonds is 7. The summed E-state index contributed by atoms with van der Waals surface area (Å²) in [4.78, 5) is 14.1. The first-order chi connectivity index (χ1) is 10.1. The molecule has 0 spiro atoms. The Morgan fingerprint density at radius 2 is 1.68 bits per heavy atom. The molecule has 5 nitrogen and oxygen atoms in total. The van der Waals surface area contributed by atoms with Gasteiger partial charge in [-0.15, -0.1) is 0 Å². The summed E-state index contributed by atoms with van der Waals surface area (Å²) < 4.78 is 26.9. The van der Waals surface area contributed by atoms with Crippen LogP contribution in [0.3, 0.4) is 0 Å². The first-order valence-corrected chi connectivity index (χ1v) is 9.18. The Kier molecular flexibility index (Phi) is 6.41. The van der Waals surface area contributed by atoms with E-state index in [4.69, 9.17) is 4.18 Å². The van der Waals surface area contributed by atoms with Crippen LogP contribution >= 0.6 is 0 Å². The molecule has 0 saturated carbocycles. The fourth-order valence-electron chi connectivity index (χ4n) is 2.05. The maximum atomic E-state index is 12.3. The van der Waals surface area contributed by atoms with Gasteiger partial charge in [0.15, 0.2) is 0 Å². The molecule has 0 aliphatic heterocycles. The molecule has 1 aromatic carbocycles. The van der Waals surface area contributed by atoms with E-state index in [0.717, 1.165) is 11.8 Å². The molecule has 0 unspecified atom stereocenters. The van der Waals surface area contributed by atoms with E-state index in [1.165, 1.54) is 0 Å². The molecule has 0 bridgehead atoms. The van der Waals surface area contributed by atoms with Crippen LogP contribution in [0.15, 0.2) is 24.3 Å². The Morgan fingerprint density at radius 1 is 1.14 bits per heavy atom. The molecule has 6 heteroatoms. The molecular formula is C16H25NO4S. The van der Waals surface area contributed by atoms with Crippen LogP contribution in [0.2, 0.25) is 0 Å². The summed E-state index contributed by atoms with van der Waals surface area (Å²) in [6.07, 6.45) is 1.53. The normalized spacial score (nSPS) is 11.8. The third-order valence-corrected chi connectivity index (χ3v) is 3.55. The van der Waals surface area contributed by atoms with Crippen LogP contribution in [0.1, 0.15) is 39.7 Å². The number of amides is 1. The highest BCUT2D eigenvalue weighted by atomic mass is 32.2. The van der Waals surface area contributed by atoms with E-state index in [-0.39, 0.29) is 17.7 Å². The monoisotopic (exact) mass is 327 g/mol. The lowest BCUT2D eigenvalue weighted by atomic mass is 10.1. The minimum Gasteiger partial charge on any atom is -0.383 e. The highest BCUT2D eigenvalue weighted by molar-refractivity contribution is 7.86. The van der Waals surface area contributed by atoms with E-state index in [0.29, 0.717) is 18.9 Å². The minimum atomic E-state index is -3.52. The lowest BCUT2D eigenvalue weighted by Crippen LogP contribution is -2.36. The summed E-state index contributed by atoms with van der Waals surface area (Å²) in [6.45, 7) is 8.52. The molecule has 0 heterocycles. The highest BCUT2D eigenvalue weighted by Gasteiger charge is 2.18. The van der Waals surface area contributed by atoms with Gasteiger partial charge < -0.3 is 9.08 Å². The van der Waals surface area contributed by atoms with E-state index in [9.17, 15) is 13.2 Å². The summed E-state index contributed by atoms with van der Waals surface area (Å²) >= 11 is 0. The third kappa shape index (κ3) is 6.47. The standard InChI is InChI=1S/C16H25NO4S/c1-12(2)10-16(18)17(13(3)4)11-14-6-8-15(9-7-14)21-22(5,19)20/h6-9,12-13H,10-11H2,1-5H3. The number of nitrogens with zero attached hydrogens (tertiary/aromatic N) is 1. The number of carbonyl (C=O) groups is 1. The van der Waals surface area contributed by atoms with E-state index in [2.05, 4.69) is 0 Å². The highest BCUT2D eigenvalue weighted by Crippen LogP contribution is 2.17. The van der Waals surface area contributed by atoms with Crippen LogP contribution in [0.5, 0.6) is 5.75 Å². The summed E-state index contributed by atoms with van der Waals surface area (Å²) in [5, 5.41) is 0.